The fourth-order valence-electron chi connectivity index (χ4n) is 1.51. The first-order valence-electron chi connectivity index (χ1n) is 5.47. The number of nitrogens with two attached hydrogens (primary N) is 1. The van der Waals surface area contributed by atoms with Crippen molar-refractivity contribution in [3.8, 4) is 0 Å². The minimum Gasteiger partial charge on any atom is -0.365 e. The molecule has 1 amide bonds. The van der Waals surface area contributed by atoms with Gasteiger partial charge in [0.05, 0.1) is 11.8 Å². The van der Waals surface area contributed by atoms with Gasteiger partial charge in [-0.15, -0.1) is 0 Å². The van der Waals surface area contributed by atoms with Gasteiger partial charge in [0.2, 0.25) is 0 Å². The Labute approximate surface area is 111 Å². The summed E-state index contributed by atoms with van der Waals surface area (Å²) in [6.45, 7) is 0.158. The van der Waals surface area contributed by atoms with E-state index in [0.29, 0.717) is 11.6 Å². The molecule has 0 aromatic carbocycles. The van der Waals surface area contributed by atoms with Crippen molar-refractivity contribution in [2.45, 2.75) is 12.7 Å². The maximum absolute atomic E-state index is 12.6. The number of H-pyrrole nitrogens is 1. The Balaban J connectivity index is 2.29. The van der Waals surface area contributed by atoms with E-state index in [0.717, 1.165) is 6.07 Å². The summed E-state index contributed by atoms with van der Waals surface area (Å²) in [6, 6.07) is 1.71. The van der Waals surface area contributed by atoms with Crippen LogP contribution in [0.2, 0.25) is 0 Å². The minimum atomic E-state index is -4.59. The molecule has 2 aromatic heterocycles. The van der Waals surface area contributed by atoms with Crippen LogP contribution in [0.3, 0.4) is 0 Å². The molecule has 0 spiro atoms. The maximum Gasteiger partial charge on any atom is 0.433 e. The summed E-state index contributed by atoms with van der Waals surface area (Å²) in [6.07, 6.45) is -1.54. The zero-order chi connectivity index (χ0) is 14.8. The summed E-state index contributed by atoms with van der Waals surface area (Å²) in [4.78, 5) is 14.6. The fourth-order valence-corrected chi connectivity index (χ4v) is 1.51. The van der Waals surface area contributed by atoms with Gasteiger partial charge in [0.15, 0.2) is 0 Å². The molecule has 0 bridgehead atoms. The number of primary amides is 1. The number of pyridine rings is 1. The number of hydrogen-bond donors (Lipinski definition) is 3. The number of aromatic nitrogens is 3. The summed E-state index contributed by atoms with van der Waals surface area (Å²) in [7, 11) is 0. The van der Waals surface area contributed by atoms with Crippen LogP contribution < -0.4 is 11.1 Å². The van der Waals surface area contributed by atoms with Crippen LogP contribution >= 0.6 is 0 Å². The van der Waals surface area contributed by atoms with E-state index in [1.54, 1.807) is 6.20 Å². The number of anilines is 1. The normalized spacial score (nSPS) is 11.3. The van der Waals surface area contributed by atoms with E-state index in [-0.39, 0.29) is 17.9 Å². The molecule has 9 heteroatoms. The number of alkyl halides is 3. The summed E-state index contributed by atoms with van der Waals surface area (Å²) in [5.74, 6) is -1.07. The summed E-state index contributed by atoms with van der Waals surface area (Å²) < 4.78 is 37.8. The lowest BCUT2D eigenvalue weighted by Gasteiger charge is -2.12. The van der Waals surface area contributed by atoms with Gasteiger partial charge in [-0.05, 0) is 12.1 Å². The predicted molar refractivity (Wildman–Crippen MR) is 63.7 cm³/mol. The van der Waals surface area contributed by atoms with Crippen molar-refractivity contribution in [1.82, 2.24) is 15.2 Å². The van der Waals surface area contributed by atoms with Crippen LogP contribution in [0, 0.1) is 0 Å². The molecule has 2 heterocycles. The first kappa shape index (κ1) is 13.8. The van der Waals surface area contributed by atoms with Gasteiger partial charge >= 0.3 is 6.18 Å². The molecule has 0 aliphatic heterocycles. The molecule has 0 saturated heterocycles. The second kappa shape index (κ2) is 5.19. The van der Waals surface area contributed by atoms with Crippen molar-refractivity contribution < 1.29 is 18.0 Å². The average Bonchev–Trinajstić information content (AvgIpc) is 2.87. The first-order chi connectivity index (χ1) is 9.38. The Morgan fingerprint density at radius 2 is 2.15 bits per heavy atom. The molecule has 2 aromatic rings. The van der Waals surface area contributed by atoms with Gasteiger partial charge in [-0.1, -0.05) is 0 Å². The number of amides is 1. The molecule has 0 aliphatic carbocycles. The Morgan fingerprint density at radius 1 is 1.40 bits per heavy atom. The number of carbonyl (C=O) groups excluding carboxylic acids is 1. The lowest BCUT2D eigenvalue weighted by Crippen LogP contribution is -2.18. The second-order valence-electron chi connectivity index (χ2n) is 3.91. The van der Waals surface area contributed by atoms with Crippen LogP contribution in [0.5, 0.6) is 0 Å². The number of hydrogen-bond acceptors (Lipinski definition) is 4. The predicted octanol–water partition coefficient (Wildman–Crippen LogP) is 1.53. The second-order valence-corrected chi connectivity index (χ2v) is 3.91. The molecule has 0 unspecified atom stereocenters. The smallest absolute Gasteiger partial charge is 0.365 e. The number of halogens is 3. The zero-order valence-corrected chi connectivity index (χ0v) is 10.0. The van der Waals surface area contributed by atoms with E-state index in [1.165, 1.54) is 6.20 Å². The van der Waals surface area contributed by atoms with Crippen molar-refractivity contribution in [3.05, 3.63) is 41.3 Å². The van der Waals surface area contributed by atoms with E-state index in [4.69, 9.17) is 5.73 Å². The Kier molecular flexibility index (Phi) is 3.59. The van der Waals surface area contributed by atoms with Crippen LogP contribution in [0.1, 0.15) is 21.6 Å². The highest BCUT2D eigenvalue weighted by Gasteiger charge is 2.33. The third kappa shape index (κ3) is 3.05. The summed E-state index contributed by atoms with van der Waals surface area (Å²) in [5, 5.41) is 8.89. The van der Waals surface area contributed by atoms with Gasteiger partial charge < -0.3 is 11.1 Å². The fraction of sp³-hybridized carbons (Fsp3) is 0.182. The number of carbonyl (C=O) groups is 1. The number of nitrogens with zero attached hydrogens (tertiary/aromatic N) is 2. The number of aromatic amines is 1. The highest BCUT2D eigenvalue weighted by molar-refractivity contribution is 5.97. The number of rotatable bonds is 4. The molecule has 2 rings (SSSR count). The van der Waals surface area contributed by atoms with E-state index in [2.05, 4.69) is 20.5 Å². The maximum atomic E-state index is 12.6. The van der Waals surface area contributed by atoms with Crippen molar-refractivity contribution in [2.75, 3.05) is 5.32 Å². The van der Waals surface area contributed by atoms with Crippen LogP contribution in [0.15, 0.2) is 24.5 Å². The van der Waals surface area contributed by atoms with Crippen molar-refractivity contribution in [3.63, 3.8) is 0 Å². The van der Waals surface area contributed by atoms with Crippen LogP contribution in [0.4, 0.5) is 19.0 Å². The first-order valence-corrected chi connectivity index (χ1v) is 5.47. The van der Waals surface area contributed by atoms with Crippen LogP contribution in [-0.2, 0) is 12.7 Å². The standard InChI is InChI=1S/C11H10F3N5O/c12-11(13,14)8-2-1-7(9(15)20)10(19-8)16-3-6-4-17-18-5-6/h1-2,4-5H,3H2,(H2,15,20)(H,16,19)(H,17,18). The number of nitrogens with one attached hydrogen (secondary N) is 2. The third-order valence-corrected chi connectivity index (χ3v) is 2.47. The van der Waals surface area contributed by atoms with E-state index >= 15 is 0 Å². The largest absolute Gasteiger partial charge is 0.433 e. The Hall–Kier alpha value is -2.58. The molecular weight excluding hydrogens is 275 g/mol. The highest BCUT2D eigenvalue weighted by Crippen LogP contribution is 2.29. The SMILES string of the molecule is NC(=O)c1ccc(C(F)(F)F)nc1NCc1cn[nH]c1. The molecule has 0 aliphatic rings. The summed E-state index contributed by atoms with van der Waals surface area (Å²) >= 11 is 0. The van der Waals surface area contributed by atoms with E-state index in [1.807, 2.05) is 0 Å². The molecular formula is C11H10F3N5O. The molecule has 20 heavy (non-hydrogen) atoms. The zero-order valence-electron chi connectivity index (χ0n) is 10.0. The Bertz CT molecular complexity index is 609. The molecule has 106 valence electrons. The minimum absolute atomic E-state index is 0.110. The quantitative estimate of drug-likeness (QED) is 0.793. The lowest BCUT2D eigenvalue weighted by molar-refractivity contribution is -0.141. The van der Waals surface area contributed by atoms with Gasteiger partial charge in [0.25, 0.3) is 5.91 Å². The summed E-state index contributed by atoms with van der Waals surface area (Å²) in [5.41, 5.74) is 4.59. The monoisotopic (exact) mass is 285 g/mol. The average molecular weight is 285 g/mol. The van der Waals surface area contributed by atoms with Gasteiger partial charge in [0.1, 0.15) is 11.5 Å². The van der Waals surface area contributed by atoms with Crippen LogP contribution in [-0.4, -0.2) is 21.1 Å². The molecule has 0 saturated carbocycles. The van der Waals surface area contributed by atoms with E-state index in [9.17, 15) is 18.0 Å². The highest BCUT2D eigenvalue weighted by atomic mass is 19.4. The molecule has 0 atom stereocenters. The third-order valence-electron chi connectivity index (χ3n) is 2.47. The molecule has 6 nitrogen and oxygen atoms in total. The van der Waals surface area contributed by atoms with Gasteiger partial charge in [0, 0.05) is 18.3 Å². The molecule has 4 N–H and O–H groups in total. The lowest BCUT2D eigenvalue weighted by atomic mass is 10.2. The van der Waals surface area contributed by atoms with E-state index < -0.39 is 17.8 Å². The van der Waals surface area contributed by atoms with Crippen molar-refractivity contribution in [1.29, 1.82) is 0 Å². The molecule has 0 radical (unpaired) electrons. The van der Waals surface area contributed by atoms with Crippen molar-refractivity contribution >= 4 is 11.7 Å². The topological polar surface area (TPSA) is 96.7 Å². The van der Waals surface area contributed by atoms with Crippen LogP contribution in [0.25, 0.3) is 0 Å². The van der Waals surface area contributed by atoms with Gasteiger partial charge in [-0.25, -0.2) is 4.98 Å². The molecule has 0 fully saturated rings. The van der Waals surface area contributed by atoms with Gasteiger partial charge in [-0.2, -0.15) is 18.3 Å². The Morgan fingerprint density at radius 3 is 2.70 bits per heavy atom. The van der Waals surface area contributed by atoms with Gasteiger partial charge in [-0.3, -0.25) is 9.89 Å². The van der Waals surface area contributed by atoms with Crippen molar-refractivity contribution in [2.24, 2.45) is 5.73 Å².